The number of pyridine rings is 1. The van der Waals surface area contributed by atoms with E-state index in [-0.39, 0.29) is 18.6 Å². The average molecular weight is 443 g/mol. The molecule has 0 atom stereocenters. The zero-order valence-electron chi connectivity index (χ0n) is 15.0. The van der Waals surface area contributed by atoms with E-state index in [1.165, 1.54) is 13.8 Å². The Morgan fingerprint density at radius 1 is 1.17 bits per heavy atom. The summed E-state index contributed by atoms with van der Waals surface area (Å²) in [7, 11) is -4.79. The summed E-state index contributed by atoms with van der Waals surface area (Å²) >= 11 is 0. The van der Waals surface area contributed by atoms with E-state index in [2.05, 4.69) is 4.98 Å². The average Bonchev–Trinajstić information content (AvgIpc) is 2.60. The van der Waals surface area contributed by atoms with E-state index in [1.54, 1.807) is 0 Å². The Hall–Kier alpha value is -2.37. The lowest BCUT2D eigenvalue weighted by atomic mass is 10.1. The van der Waals surface area contributed by atoms with Crippen LogP contribution in [0.5, 0.6) is 0 Å². The number of non-ortho nitro benzene ring substituents is 1. The fourth-order valence-corrected chi connectivity index (χ4v) is 4.39. The van der Waals surface area contributed by atoms with E-state index in [4.69, 9.17) is 14.8 Å². The van der Waals surface area contributed by atoms with Crippen molar-refractivity contribution in [1.82, 2.24) is 4.98 Å². The smallest absolute Gasteiger partial charge is 0.397 e. The standard InChI is InChI=1S/C15H15F5N3O5P/c1-3-27-29(26,28-4-2)12-11(21)9-7-8(23(24)25)5-6-10(9)22-13(12)14(16,17)15(18,19)20/h5-7H,3-4H2,1-2H3,(H2,21,22). The first-order chi connectivity index (χ1) is 13.3. The molecule has 0 aliphatic carbocycles. The molecule has 1 aromatic carbocycles. The fraction of sp³-hybridized carbons (Fsp3) is 0.400. The van der Waals surface area contributed by atoms with Crippen LogP contribution in [-0.2, 0) is 19.5 Å². The van der Waals surface area contributed by atoms with Crippen molar-refractivity contribution in [2.75, 3.05) is 18.9 Å². The number of anilines is 1. The van der Waals surface area contributed by atoms with Crippen LogP contribution in [0.3, 0.4) is 0 Å². The molecule has 0 bridgehead atoms. The maximum absolute atomic E-state index is 14.3. The molecule has 1 aromatic heterocycles. The SMILES string of the molecule is CCOP(=O)(OCC)c1c(C(F)(F)C(F)(F)F)nc2ccc([N+](=O)[O-])cc2c1N. The number of hydrogen-bond donors (Lipinski definition) is 1. The van der Waals surface area contributed by atoms with E-state index < -0.39 is 52.5 Å². The van der Waals surface area contributed by atoms with Crippen molar-refractivity contribution in [3.05, 3.63) is 34.0 Å². The second kappa shape index (κ2) is 7.81. The number of nitrogen functional groups attached to an aromatic ring is 1. The highest BCUT2D eigenvalue weighted by Crippen LogP contribution is 2.54. The van der Waals surface area contributed by atoms with Crippen molar-refractivity contribution in [2.24, 2.45) is 0 Å². The van der Waals surface area contributed by atoms with Gasteiger partial charge in [-0.15, -0.1) is 0 Å². The molecule has 0 unspecified atom stereocenters. The highest BCUT2D eigenvalue weighted by atomic mass is 31.2. The van der Waals surface area contributed by atoms with Crippen LogP contribution in [0.4, 0.5) is 33.3 Å². The highest BCUT2D eigenvalue weighted by molar-refractivity contribution is 7.62. The number of nitrogens with zero attached hydrogens (tertiary/aromatic N) is 2. The fourth-order valence-electron chi connectivity index (χ4n) is 2.52. The van der Waals surface area contributed by atoms with Gasteiger partial charge in [0.2, 0.25) is 0 Å². The van der Waals surface area contributed by atoms with Gasteiger partial charge in [-0.05, 0) is 19.9 Å². The highest BCUT2D eigenvalue weighted by Gasteiger charge is 2.62. The van der Waals surface area contributed by atoms with E-state index in [9.17, 15) is 36.6 Å². The molecule has 0 spiro atoms. The van der Waals surface area contributed by atoms with Crippen molar-refractivity contribution in [3.8, 4) is 0 Å². The van der Waals surface area contributed by atoms with Gasteiger partial charge in [0.05, 0.1) is 29.3 Å². The number of rotatable bonds is 7. The molecule has 2 aromatic rings. The second-order valence-electron chi connectivity index (χ2n) is 5.59. The Bertz CT molecular complexity index is 988. The lowest BCUT2D eigenvalue weighted by Gasteiger charge is -2.26. The number of nitro groups is 1. The van der Waals surface area contributed by atoms with Crippen LogP contribution in [0, 0.1) is 10.1 Å². The van der Waals surface area contributed by atoms with Gasteiger partial charge in [0.15, 0.2) is 0 Å². The Morgan fingerprint density at radius 3 is 2.17 bits per heavy atom. The van der Waals surface area contributed by atoms with Gasteiger partial charge in [-0.1, -0.05) is 0 Å². The van der Waals surface area contributed by atoms with Crippen LogP contribution in [0.25, 0.3) is 10.9 Å². The number of aromatic nitrogens is 1. The molecule has 0 saturated heterocycles. The van der Waals surface area contributed by atoms with E-state index >= 15 is 0 Å². The molecular weight excluding hydrogens is 428 g/mol. The first kappa shape index (κ1) is 22.9. The van der Waals surface area contributed by atoms with Crippen LogP contribution in [-0.4, -0.2) is 29.3 Å². The predicted molar refractivity (Wildman–Crippen MR) is 93.3 cm³/mol. The van der Waals surface area contributed by atoms with Crippen LogP contribution < -0.4 is 11.0 Å². The normalized spacial score (nSPS) is 13.1. The van der Waals surface area contributed by atoms with Crippen molar-refractivity contribution in [1.29, 1.82) is 0 Å². The minimum Gasteiger partial charge on any atom is -0.397 e. The zero-order valence-corrected chi connectivity index (χ0v) is 15.9. The molecule has 29 heavy (non-hydrogen) atoms. The number of benzene rings is 1. The van der Waals surface area contributed by atoms with Crippen molar-refractivity contribution in [3.63, 3.8) is 0 Å². The largest absolute Gasteiger partial charge is 0.459 e. The van der Waals surface area contributed by atoms with Crippen LogP contribution >= 0.6 is 7.60 Å². The topological polar surface area (TPSA) is 118 Å². The third kappa shape index (κ3) is 4.02. The summed E-state index contributed by atoms with van der Waals surface area (Å²) in [6.45, 7) is 1.87. The molecule has 0 fully saturated rings. The first-order valence-electron chi connectivity index (χ1n) is 8.02. The molecule has 160 valence electrons. The maximum Gasteiger partial charge on any atom is 0.459 e. The first-order valence-corrected chi connectivity index (χ1v) is 9.56. The van der Waals surface area contributed by atoms with Crippen LogP contribution in [0.1, 0.15) is 19.5 Å². The Balaban J connectivity index is 3.03. The third-order valence-corrected chi connectivity index (χ3v) is 5.91. The van der Waals surface area contributed by atoms with Gasteiger partial charge >= 0.3 is 19.7 Å². The number of nitro benzene ring substituents is 1. The Kier molecular flexibility index (Phi) is 6.17. The van der Waals surface area contributed by atoms with Crippen LogP contribution in [0.2, 0.25) is 0 Å². The molecule has 2 N–H and O–H groups in total. The third-order valence-electron chi connectivity index (χ3n) is 3.72. The molecule has 0 aliphatic heterocycles. The van der Waals surface area contributed by atoms with Crippen molar-refractivity contribution >= 4 is 35.2 Å². The van der Waals surface area contributed by atoms with E-state index in [1.807, 2.05) is 0 Å². The summed E-state index contributed by atoms with van der Waals surface area (Å²) in [6, 6.07) is 2.53. The molecule has 1 heterocycles. The van der Waals surface area contributed by atoms with Crippen molar-refractivity contribution in [2.45, 2.75) is 25.9 Å². The summed E-state index contributed by atoms with van der Waals surface area (Å²) < 4.78 is 90.6. The molecular formula is C15H15F5N3O5P. The minimum atomic E-state index is -6.10. The maximum atomic E-state index is 14.3. The van der Waals surface area contributed by atoms with Gasteiger partial charge in [0.1, 0.15) is 11.0 Å². The van der Waals surface area contributed by atoms with Crippen LogP contribution in [0.15, 0.2) is 18.2 Å². The Labute approximate surface area is 160 Å². The lowest BCUT2D eigenvalue weighted by molar-refractivity contribution is -0.384. The van der Waals surface area contributed by atoms with Gasteiger partial charge < -0.3 is 14.8 Å². The zero-order chi connectivity index (χ0) is 22.2. The number of halogens is 5. The number of alkyl halides is 5. The quantitative estimate of drug-likeness (QED) is 0.294. The van der Waals surface area contributed by atoms with Gasteiger partial charge in [-0.2, -0.15) is 22.0 Å². The number of hydrogen-bond acceptors (Lipinski definition) is 7. The predicted octanol–water partition coefficient (Wildman–Crippen LogP) is 4.27. The summed E-state index contributed by atoms with van der Waals surface area (Å²) in [5.74, 6) is -5.56. The lowest BCUT2D eigenvalue weighted by Crippen LogP contribution is -2.40. The summed E-state index contributed by atoms with van der Waals surface area (Å²) in [4.78, 5) is 13.4. The molecule has 2 rings (SSSR count). The summed E-state index contributed by atoms with van der Waals surface area (Å²) in [5.41, 5.74) is 1.96. The van der Waals surface area contributed by atoms with Crippen molar-refractivity contribution < 1.29 is 40.5 Å². The van der Waals surface area contributed by atoms with Gasteiger partial charge in [0, 0.05) is 17.5 Å². The van der Waals surface area contributed by atoms with Gasteiger partial charge in [-0.25, -0.2) is 4.98 Å². The second-order valence-corrected chi connectivity index (χ2v) is 7.54. The molecule has 0 aliphatic rings. The van der Waals surface area contributed by atoms with Gasteiger partial charge in [0.25, 0.3) is 5.69 Å². The van der Waals surface area contributed by atoms with E-state index in [0.29, 0.717) is 0 Å². The molecule has 8 nitrogen and oxygen atoms in total. The monoisotopic (exact) mass is 443 g/mol. The number of nitrogens with two attached hydrogens (primary N) is 1. The Morgan fingerprint density at radius 2 is 1.72 bits per heavy atom. The summed E-state index contributed by atoms with van der Waals surface area (Å²) in [6.07, 6.45) is -6.10. The molecule has 0 saturated carbocycles. The number of fused-ring (bicyclic) bond motifs is 1. The van der Waals surface area contributed by atoms with E-state index in [0.717, 1.165) is 18.2 Å². The molecule has 14 heteroatoms. The molecule has 0 radical (unpaired) electrons. The minimum absolute atomic E-state index is 0.351. The molecule has 0 amide bonds. The van der Waals surface area contributed by atoms with Gasteiger partial charge in [-0.3, -0.25) is 14.7 Å². The summed E-state index contributed by atoms with van der Waals surface area (Å²) in [5, 5.41) is 9.34.